The summed E-state index contributed by atoms with van der Waals surface area (Å²) >= 11 is 0. The van der Waals surface area contributed by atoms with Crippen molar-refractivity contribution >= 4 is 11.7 Å². The molecule has 2 aliphatic heterocycles. The van der Waals surface area contributed by atoms with E-state index in [0.29, 0.717) is 12.3 Å². The van der Waals surface area contributed by atoms with Crippen LogP contribution in [0.25, 0.3) is 0 Å². The van der Waals surface area contributed by atoms with Crippen molar-refractivity contribution in [3.8, 4) is 0 Å². The minimum absolute atomic E-state index is 0.206. The molecule has 0 unspecified atom stereocenters. The molecule has 166 valence electrons. The van der Waals surface area contributed by atoms with Gasteiger partial charge in [-0.2, -0.15) is 5.10 Å². The summed E-state index contributed by atoms with van der Waals surface area (Å²) in [6.07, 6.45) is 14.0. The van der Waals surface area contributed by atoms with Crippen molar-refractivity contribution in [1.29, 1.82) is 0 Å². The molecule has 0 bridgehead atoms. The van der Waals surface area contributed by atoms with E-state index in [9.17, 15) is 4.79 Å². The third-order valence-corrected chi connectivity index (χ3v) is 7.33. The van der Waals surface area contributed by atoms with Crippen LogP contribution in [0.4, 0.5) is 5.82 Å². The number of likely N-dealkylation sites (tertiary alicyclic amines) is 1. The van der Waals surface area contributed by atoms with Crippen LogP contribution >= 0.6 is 0 Å². The zero-order chi connectivity index (χ0) is 21.4. The van der Waals surface area contributed by atoms with Crippen LogP contribution in [0.3, 0.4) is 0 Å². The molecule has 2 aromatic rings. The van der Waals surface area contributed by atoms with Crippen molar-refractivity contribution < 1.29 is 4.79 Å². The standard InChI is InChI=1S/C24H34N6O/c1-17-20-10-11-22(31)30(16-18-7-4-3-5-8-18)24(20)27-23(26-17)21-9-6-12-29(21)15-19-13-25-28(2)14-19/h13-14,18,21H,3-12,15-16H2,1-2H3/t21-/m0/s1. The topological polar surface area (TPSA) is 67.2 Å². The maximum absolute atomic E-state index is 12.9. The van der Waals surface area contributed by atoms with Gasteiger partial charge in [-0.15, -0.1) is 0 Å². The molecule has 2 aromatic heterocycles. The molecule has 7 nitrogen and oxygen atoms in total. The van der Waals surface area contributed by atoms with Crippen molar-refractivity contribution in [2.75, 3.05) is 18.0 Å². The van der Waals surface area contributed by atoms with E-state index in [0.717, 1.165) is 56.2 Å². The number of aromatic nitrogens is 4. The van der Waals surface area contributed by atoms with E-state index >= 15 is 0 Å². The molecule has 0 N–H and O–H groups in total. The second-order valence-electron chi connectivity index (χ2n) is 9.63. The number of carbonyl (C=O) groups is 1. The molecule has 1 saturated carbocycles. The molecule has 1 saturated heterocycles. The predicted molar refractivity (Wildman–Crippen MR) is 120 cm³/mol. The lowest BCUT2D eigenvalue weighted by Gasteiger charge is -2.34. The van der Waals surface area contributed by atoms with Gasteiger partial charge >= 0.3 is 0 Å². The van der Waals surface area contributed by atoms with Crippen LogP contribution in [-0.4, -0.2) is 43.6 Å². The van der Waals surface area contributed by atoms with Crippen LogP contribution in [-0.2, 0) is 24.8 Å². The van der Waals surface area contributed by atoms with Crippen molar-refractivity contribution in [2.45, 2.75) is 77.3 Å². The van der Waals surface area contributed by atoms with E-state index in [-0.39, 0.29) is 11.9 Å². The summed E-state index contributed by atoms with van der Waals surface area (Å²) in [5, 5.41) is 4.32. The van der Waals surface area contributed by atoms with Gasteiger partial charge in [-0.25, -0.2) is 9.97 Å². The molecule has 1 aliphatic carbocycles. The molecule has 2 fully saturated rings. The van der Waals surface area contributed by atoms with Gasteiger partial charge in [0, 0.05) is 49.6 Å². The summed E-state index contributed by atoms with van der Waals surface area (Å²) in [5.41, 5.74) is 3.45. The van der Waals surface area contributed by atoms with Gasteiger partial charge in [0.25, 0.3) is 0 Å². The summed E-state index contributed by atoms with van der Waals surface area (Å²) in [6.45, 7) is 4.83. The molecule has 1 atom stereocenters. The number of rotatable bonds is 5. The molecule has 5 rings (SSSR count). The second-order valence-corrected chi connectivity index (χ2v) is 9.63. The highest BCUT2D eigenvalue weighted by atomic mass is 16.2. The van der Waals surface area contributed by atoms with Gasteiger partial charge in [-0.3, -0.25) is 19.3 Å². The van der Waals surface area contributed by atoms with Crippen LogP contribution < -0.4 is 4.90 Å². The number of hydrogen-bond donors (Lipinski definition) is 0. The van der Waals surface area contributed by atoms with Crippen molar-refractivity contribution in [3.63, 3.8) is 0 Å². The Kier molecular flexibility index (Phi) is 5.78. The Labute approximate surface area is 184 Å². The fourth-order valence-electron chi connectivity index (χ4n) is 5.66. The molecular formula is C24H34N6O. The molecule has 0 spiro atoms. The fourth-order valence-corrected chi connectivity index (χ4v) is 5.66. The highest BCUT2D eigenvalue weighted by molar-refractivity contribution is 5.95. The van der Waals surface area contributed by atoms with E-state index in [4.69, 9.17) is 9.97 Å². The first kappa shape index (κ1) is 20.6. The van der Waals surface area contributed by atoms with Crippen molar-refractivity contribution in [1.82, 2.24) is 24.6 Å². The van der Waals surface area contributed by atoms with E-state index in [1.807, 2.05) is 22.8 Å². The van der Waals surface area contributed by atoms with E-state index < -0.39 is 0 Å². The lowest BCUT2D eigenvalue weighted by Crippen LogP contribution is -2.40. The third kappa shape index (κ3) is 4.25. The quantitative estimate of drug-likeness (QED) is 0.735. The minimum atomic E-state index is 0.206. The monoisotopic (exact) mass is 422 g/mol. The van der Waals surface area contributed by atoms with Gasteiger partial charge in [0.15, 0.2) is 0 Å². The predicted octanol–water partition coefficient (Wildman–Crippen LogP) is 3.72. The van der Waals surface area contributed by atoms with Crippen LogP contribution in [0.15, 0.2) is 12.4 Å². The first-order valence-electron chi connectivity index (χ1n) is 12.0. The summed E-state index contributed by atoms with van der Waals surface area (Å²) in [7, 11) is 1.96. The highest BCUT2D eigenvalue weighted by Gasteiger charge is 2.34. The van der Waals surface area contributed by atoms with Gasteiger partial charge in [-0.1, -0.05) is 19.3 Å². The maximum atomic E-state index is 12.9. The Morgan fingerprint density at radius 3 is 2.68 bits per heavy atom. The third-order valence-electron chi connectivity index (χ3n) is 7.33. The molecule has 0 radical (unpaired) electrons. The SMILES string of the molecule is Cc1nc([C@@H]2CCCN2Cc2cnn(C)c2)nc2c1CCC(=O)N2CC1CCCCC1. The molecule has 31 heavy (non-hydrogen) atoms. The lowest BCUT2D eigenvalue weighted by atomic mass is 9.88. The number of carbonyl (C=O) groups excluding carboxylic acids is 1. The lowest BCUT2D eigenvalue weighted by molar-refractivity contribution is -0.119. The summed E-state index contributed by atoms with van der Waals surface area (Å²) in [6, 6.07) is 0.206. The Balaban J connectivity index is 1.42. The van der Waals surface area contributed by atoms with Crippen LogP contribution in [0.2, 0.25) is 0 Å². The zero-order valence-electron chi connectivity index (χ0n) is 18.9. The molecule has 7 heteroatoms. The Bertz CT molecular complexity index is 948. The molecule has 1 amide bonds. The minimum Gasteiger partial charge on any atom is -0.296 e. The normalized spacial score (nSPS) is 22.8. The van der Waals surface area contributed by atoms with Crippen molar-refractivity contribution in [3.05, 3.63) is 35.0 Å². The summed E-state index contributed by atoms with van der Waals surface area (Å²) in [5.74, 6) is 2.63. The highest BCUT2D eigenvalue weighted by Crippen LogP contribution is 2.36. The largest absolute Gasteiger partial charge is 0.296 e. The Morgan fingerprint density at radius 2 is 1.90 bits per heavy atom. The van der Waals surface area contributed by atoms with Crippen LogP contribution in [0.1, 0.15) is 80.1 Å². The number of nitrogens with zero attached hydrogens (tertiary/aromatic N) is 6. The first-order chi connectivity index (χ1) is 15.1. The first-order valence-corrected chi connectivity index (χ1v) is 12.0. The van der Waals surface area contributed by atoms with Crippen LogP contribution in [0.5, 0.6) is 0 Å². The average Bonchev–Trinajstić information content (AvgIpc) is 3.40. The molecular weight excluding hydrogens is 388 g/mol. The average molecular weight is 423 g/mol. The van der Waals surface area contributed by atoms with Gasteiger partial charge in [0.05, 0.1) is 12.2 Å². The van der Waals surface area contributed by atoms with Gasteiger partial charge in [-0.05, 0) is 51.5 Å². The van der Waals surface area contributed by atoms with Gasteiger partial charge in [0.2, 0.25) is 5.91 Å². The smallest absolute Gasteiger partial charge is 0.228 e. The number of aryl methyl sites for hydroxylation is 2. The number of anilines is 1. The fraction of sp³-hybridized carbons (Fsp3) is 0.667. The van der Waals surface area contributed by atoms with Crippen molar-refractivity contribution in [2.24, 2.45) is 13.0 Å². The number of amides is 1. The number of fused-ring (bicyclic) bond motifs is 1. The molecule has 3 aliphatic rings. The Morgan fingerprint density at radius 1 is 1.06 bits per heavy atom. The van der Waals surface area contributed by atoms with E-state index in [1.54, 1.807) is 0 Å². The van der Waals surface area contributed by atoms with E-state index in [1.165, 1.54) is 43.2 Å². The number of hydrogen-bond acceptors (Lipinski definition) is 5. The Hall–Kier alpha value is -2.28. The van der Waals surface area contributed by atoms with Gasteiger partial charge in [0.1, 0.15) is 11.6 Å². The van der Waals surface area contributed by atoms with E-state index in [2.05, 4.69) is 23.1 Å². The van der Waals surface area contributed by atoms with Crippen LogP contribution in [0, 0.1) is 12.8 Å². The molecule has 4 heterocycles. The maximum Gasteiger partial charge on any atom is 0.228 e. The molecule has 0 aromatic carbocycles. The second kappa shape index (κ2) is 8.69. The van der Waals surface area contributed by atoms with Gasteiger partial charge < -0.3 is 0 Å². The summed E-state index contributed by atoms with van der Waals surface area (Å²) < 4.78 is 1.86. The summed E-state index contributed by atoms with van der Waals surface area (Å²) in [4.78, 5) is 27.4. The zero-order valence-corrected chi connectivity index (χ0v) is 18.9.